The highest BCUT2D eigenvalue weighted by Gasteiger charge is 2.56. The smallest absolute Gasteiger partial charge is 0.172 e. The van der Waals surface area contributed by atoms with Crippen molar-refractivity contribution in [3.63, 3.8) is 0 Å². The highest BCUT2D eigenvalue weighted by molar-refractivity contribution is 5.98. The predicted octanol–water partition coefficient (Wildman–Crippen LogP) is 4.04. The molecule has 3 fully saturated rings. The highest BCUT2D eigenvalue weighted by Crippen LogP contribution is 2.60. The minimum atomic E-state index is -0.305. The number of allylic oxidation sites excluding steroid dienone is 3. The molecule has 5 atom stereocenters. The summed E-state index contributed by atoms with van der Waals surface area (Å²) in [5.74, 6) is 2.68. The van der Waals surface area contributed by atoms with Crippen LogP contribution in [0.2, 0.25) is 0 Å². The van der Waals surface area contributed by atoms with E-state index in [0.717, 1.165) is 51.2 Å². The molecule has 0 bridgehead atoms. The molecule has 24 heavy (non-hydrogen) atoms. The molecule has 1 saturated heterocycles. The first kappa shape index (κ1) is 15.3. The first-order chi connectivity index (χ1) is 11.7. The van der Waals surface area contributed by atoms with Crippen LogP contribution in [0.25, 0.3) is 0 Å². The van der Waals surface area contributed by atoms with Crippen LogP contribution in [0.1, 0.15) is 51.9 Å². The van der Waals surface area contributed by atoms with Crippen molar-refractivity contribution < 1.29 is 14.3 Å². The second kappa shape index (κ2) is 5.28. The Morgan fingerprint density at radius 1 is 1.17 bits per heavy atom. The van der Waals surface area contributed by atoms with Crippen LogP contribution in [0.4, 0.5) is 0 Å². The maximum atomic E-state index is 12.6. The lowest BCUT2D eigenvalue weighted by Gasteiger charge is -2.53. The molecular weight excluding hydrogens is 300 g/mol. The summed E-state index contributed by atoms with van der Waals surface area (Å²) in [5, 5.41) is 0. The number of fused-ring (bicyclic) bond motifs is 5. The van der Waals surface area contributed by atoms with Crippen molar-refractivity contribution >= 4 is 5.78 Å². The van der Waals surface area contributed by atoms with Crippen LogP contribution in [0, 0.1) is 29.1 Å². The number of hydrogen-bond acceptors (Lipinski definition) is 3. The Morgan fingerprint density at radius 2 is 2.00 bits per heavy atom. The minimum absolute atomic E-state index is 0.0694. The summed E-state index contributed by atoms with van der Waals surface area (Å²) in [5.41, 5.74) is 1.52. The molecule has 1 aliphatic heterocycles. The van der Waals surface area contributed by atoms with Gasteiger partial charge in [0.2, 0.25) is 0 Å². The van der Waals surface area contributed by atoms with E-state index in [-0.39, 0.29) is 11.2 Å². The van der Waals surface area contributed by atoms with E-state index >= 15 is 0 Å². The summed E-state index contributed by atoms with van der Waals surface area (Å²) in [6.45, 7) is 3.71. The average Bonchev–Trinajstić information content (AvgIpc) is 3.19. The van der Waals surface area contributed by atoms with Gasteiger partial charge in [0, 0.05) is 18.3 Å². The first-order valence-corrected chi connectivity index (χ1v) is 9.87. The molecule has 2 saturated carbocycles. The standard InChI is InChI=1S/C21H28O3/c1-2-20-9-7-16-15-8-10-21(23-11-12-24-21)13-14(15)3-4-17(16)18(20)5-6-19(20)22/h3,5-6,15-18H,2,4,7-13H2,1H3/t15?,16?,17?,18?,20-/m0/s1. The molecule has 4 aliphatic carbocycles. The van der Waals surface area contributed by atoms with Crippen LogP contribution in [-0.4, -0.2) is 24.8 Å². The van der Waals surface area contributed by atoms with E-state index in [9.17, 15) is 4.79 Å². The quantitative estimate of drug-likeness (QED) is 0.682. The second-order valence-corrected chi connectivity index (χ2v) is 8.57. The van der Waals surface area contributed by atoms with E-state index in [2.05, 4.69) is 19.1 Å². The molecular formula is C21H28O3. The van der Waals surface area contributed by atoms with Crippen LogP contribution in [0.5, 0.6) is 0 Å². The fraction of sp³-hybridized carbons (Fsp3) is 0.762. The summed E-state index contributed by atoms with van der Waals surface area (Å²) in [7, 11) is 0. The lowest BCUT2D eigenvalue weighted by Crippen LogP contribution is -2.49. The monoisotopic (exact) mass is 328 g/mol. The third-order valence-corrected chi connectivity index (χ3v) is 7.92. The summed E-state index contributed by atoms with van der Waals surface area (Å²) in [4.78, 5) is 12.6. The molecule has 0 amide bonds. The number of ketones is 1. The molecule has 1 spiro atoms. The molecule has 0 aromatic rings. The van der Waals surface area contributed by atoms with Gasteiger partial charge < -0.3 is 9.47 Å². The van der Waals surface area contributed by atoms with Crippen molar-refractivity contribution in [1.29, 1.82) is 0 Å². The Balaban J connectivity index is 1.43. The molecule has 5 aliphatic rings. The van der Waals surface area contributed by atoms with Gasteiger partial charge >= 0.3 is 0 Å². The van der Waals surface area contributed by atoms with Gasteiger partial charge in [0.1, 0.15) is 0 Å². The topological polar surface area (TPSA) is 35.5 Å². The number of ether oxygens (including phenoxy) is 2. The molecule has 4 unspecified atom stereocenters. The van der Waals surface area contributed by atoms with Gasteiger partial charge in [0.25, 0.3) is 0 Å². The number of rotatable bonds is 1. The second-order valence-electron chi connectivity index (χ2n) is 8.57. The zero-order chi connectivity index (χ0) is 16.4. The third kappa shape index (κ3) is 1.94. The van der Waals surface area contributed by atoms with Gasteiger partial charge in [0.15, 0.2) is 11.6 Å². The van der Waals surface area contributed by atoms with E-state index < -0.39 is 0 Å². The molecule has 3 heteroatoms. The van der Waals surface area contributed by atoms with E-state index in [4.69, 9.17) is 9.47 Å². The highest BCUT2D eigenvalue weighted by atomic mass is 16.7. The van der Waals surface area contributed by atoms with Crippen LogP contribution in [0.15, 0.2) is 23.8 Å². The molecule has 0 aromatic carbocycles. The lowest BCUT2D eigenvalue weighted by molar-refractivity contribution is -0.176. The van der Waals surface area contributed by atoms with Crippen molar-refractivity contribution in [1.82, 2.24) is 0 Å². The zero-order valence-corrected chi connectivity index (χ0v) is 14.6. The predicted molar refractivity (Wildman–Crippen MR) is 91.3 cm³/mol. The number of carbonyl (C=O) groups is 1. The summed E-state index contributed by atoms with van der Waals surface area (Å²) < 4.78 is 11.9. The van der Waals surface area contributed by atoms with Crippen LogP contribution < -0.4 is 0 Å². The van der Waals surface area contributed by atoms with Gasteiger partial charge in [-0.05, 0) is 61.9 Å². The summed E-state index contributed by atoms with van der Waals surface area (Å²) >= 11 is 0. The van der Waals surface area contributed by atoms with E-state index in [1.54, 1.807) is 5.57 Å². The van der Waals surface area contributed by atoms with Gasteiger partial charge in [-0.2, -0.15) is 0 Å². The van der Waals surface area contributed by atoms with Crippen molar-refractivity contribution in [2.75, 3.05) is 13.2 Å². The summed E-state index contributed by atoms with van der Waals surface area (Å²) in [6.07, 6.45) is 14.3. The molecule has 0 N–H and O–H groups in total. The Morgan fingerprint density at radius 3 is 2.79 bits per heavy atom. The fourth-order valence-electron chi connectivity index (χ4n) is 6.69. The number of carbonyl (C=O) groups excluding carboxylic acids is 1. The molecule has 0 radical (unpaired) electrons. The zero-order valence-electron chi connectivity index (χ0n) is 14.6. The average molecular weight is 328 g/mol. The largest absolute Gasteiger partial charge is 0.347 e. The maximum absolute atomic E-state index is 12.6. The Kier molecular flexibility index (Phi) is 3.37. The third-order valence-electron chi connectivity index (χ3n) is 7.92. The Bertz CT molecular complexity index is 613. The van der Waals surface area contributed by atoms with Crippen molar-refractivity contribution in [2.24, 2.45) is 29.1 Å². The van der Waals surface area contributed by atoms with Gasteiger partial charge in [-0.3, -0.25) is 4.79 Å². The molecule has 3 nitrogen and oxygen atoms in total. The fourth-order valence-corrected chi connectivity index (χ4v) is 6.69. The van der Waals surface area contributed by atoms with E-state index in [1.807, 2.05) is 6.08 Å². The van der Waals surface area contributed by atoms with Gasteiger partial charge in [-0.25, -0.2) is 0 Å². The molecule has 1 heterocycles. The van der Waals surface area contributed by atoms with Crippen LogP contribution in [-0.2, 0) is 14.3 Å². The van der Waals surface area contributed by atoms with Crippen LogP contribution >= 0.6 is 0 Å². The number of hydrogen-bond donors (Lipinski definition) is 0. The molecule has 0 aromatic heterocycles. The normalized spacial score (nSPS) is 45.7. The lowest BCUT2D eigenvalue weighted by atomic mass is 9.51. The first-order valence-electron chi connectivity index (χ1n) is 9.87. The minimum Gasteiger partial charge on any atom is -0.347 e. The van der Waals surface area contributed by atoms with E-state index in [1.165, 1.54) is 12.8 Å². The van der Waals surface area contributed by atoms with Crippen molar-refractivity contribution in [3.05, 3.63) is 23.8 Å². The van der Waals surface area contributed by atoms with Gasteiger partial charge in [0.05, 0.1) is 13.2 Å². The maximum Gasteiger partial charge on any atom is 0.172 e. The van der Waals surface area contributed by atoms with E-state index in [0.29, 0.717) is 23.5 Å². The molecule has 130 valence electrons. The Hall–Kier alpha value is -0.930. The van der Waals surface area contributed by atoms with Gasteiger partial charge in [-0.15, -0.1) is 0 Å². The summed E-state index contributed by atoms with van der Waals surface area (Å²) in [6, 6.07) is 0. The van der Waals surface area contributed by atoms with Gasteiger partial charge in [-0.1, -0.05) is 24.6 Å². The molecule has 5 rings (SSSR count). The van der Waals surface area contributed by atoms with Crippen LogP contribution in [0.3, 0.4) is 0 Å². The van der Waals surface area contributed by atoms with Crippen molar-refractivity contribution in [3.8, 4) is 0 Å². The van der Waals surface area contributed by atoms with Crippen molar-refractivity contribution in [2.45, 2.75) is 57.7 Å². The Labute approximate surface area is 144 Å². The SMILES string of the molecule is CC[C@]12CCC3C4CCC5(CC4=CCC3C1C=CC2=O)OCCO5.